The minimum Gasteiger partial charge on any atom is -0.397 e. The molecule has 0 radical (unpaired) electrons. The van der Waals surface area contributed by atoms with Crippen LogP contribution in [-0.2, 0) is 9.59 Å². The van der Waals surface area contributed by atoms with Crippen molar-refractivity contribution in [3.63, 3.8) is 0 Å². The van der Waals surface area contributed by atoms with Crippen molar-refractivity contribution in [3.05, 3.63) is 22.4 Å². The average molecular weight is 302 g/mol. The van der Waals surface area contributed by atoms with Crippen LogP contribution in [0.4, 0.5) is 15.8 Å². The maximum absolute atomic E-state index is 13.4. The van der Waals surface area contributed by atoms with Gasteiger partial charge in [0.2, 0.25) is 11.8 Å². The van der Waals surface area contributed by atoms with Crippen LogP contribution in [0.15, 0.2) is 16.6 Å². The largest absolute Gasteiger partial charge is 0.397 e. The molecule has 0 unspecified atom stereocenters. The average Bonchev–Trinajstić information content (AvgIpc) is 2.22. The van der Waals surface area contributed by atoms with Gasteiger partial charge in [-0.3, -0.25) is 14.9 Å². The third kappa shape index (κ3) is 2.38. The Labute approximate surface area is 105 Å². The van der Waals surface area contributed by atoms with Gasteiger partial charge in [-0.2, -0.15) is 0 Å². The molecule has 2 amide bonds. The summed E-state index contributed by atoms with van der Waals surface area (Å²) in [6.07, 6.45) is 0. The van der Waals surface area contributed by atoms with Crippen molar-refractivity contribution in [1.82, 2.24) is 5.32 Å². The number of anilines is 2. The molecule has 2 rings (SSSR count). The molecule has 0 atom stereocenters. The van der Waals surface area contributed by atoms with Crippen LogP contribution in [0.1, 0.15) is 0 Å². The lowest BCUT2D eigenvalue weighted by atomic mass is 10.2. The van der Waals surface area contributed by atoms with Gasteiger partial charge in [-0.15, -0.1) is 0 Å². The highest BCUT2D eigenvalue weighted by Crippen LogP contribution is 2.29. The van der Waals surface area contributed by atoms with Gasteiger partial charge in [-0.05, 0) is 22.0 Å². The van der Waals surface area contributed by atoms with Crippen molar-refractivity contribution >= 4 is 39.1 Å². The predicted octanol–water partition coefficient (Wildman–Crippen LogP) is 0.633. The molecule has 1 aromatic carbocycles. The van der Waals surface area contributed by atoms with Crippen molar-refractivity contribution in [1.29, 1.82) is 0 Å². The summed E-state index contributed by atoms with van der Waals surface area (Å²) in [4.78, 5) is 23.8. The number of hydrogen-bond acceptors (Lipinski definition) is 4. The Morgan fingerprint density at radius 3 is 2.47 bits per heavy atom. The normalized spacial score (nSPS) is 16.0. The Morgan fingerprint density at radius 2 is 1.88 bits per heavy atom. The number of nitrogens with two attached hydrogens (primary N) is 1. The van der Waals surface area contributed by atoms with Crippen LogP contribution in [0.3, 0.4) is 0 Å². The van der Waals surface area contributed by atoms with Crippen LogP contribution >= 0.6 is 15.9 Å². The summed E-state index contributed by atoms with van der Waals surface area (Å²) < 4.78 is 13.6. The van der Waals surface area contributed by atoms with Crippen LogP contribution in [0, 0.1) is 5.82 Å². The van der Waals surface area contributed by atoms with Crippen LogP contribution < -0.4 is 16.0 Å². The molecule has 1 aliphatic heterocycles. The van der Waals surface area contributed by atoms with E-state index in [-0.39, 0.29) is 17.6 Å². The van der Waals surface area contributed by atoms with Crippen LogP contribution in [0.5, 0.6) is 0 Å². The van der Waals surface area contributed by atoms with Crippen LogP contribution in [0.2, 0.25) is 0 Å². The number of carbonyl (C=O) groups excluding carboxylic acids is 2. The first-order chi connectivity index (χ1) is 7.97. The maximum atomic E-state index is 13.4. The van der Waals surface area contributed by atoms with E-state index in [1.165, 1.54) is 17.0 Å². The summed E-state index contributed by atoms with van der Waals surface area (Å²) in [7, 11) is 0. The molecular weight excluding hydrogens is 293 g/mol. The lowest BCUT2D eigenvalue weighted by molar-refractivity contribution is -0.130. The van der Waals surface area contributed by atoms with Gasteiger partial charge in [0.05, 0.1) is 28.9 Å². The topological polar surface area (TPSA) is 75.4 Å². The van der Waals surface area contributed by atoms with Gasteiger partial charge < -0.3 is 10.6 Å². The number of halogens is 2. The second-order valence-corrected chi connectivity index (χ2v) is 4.51. The molecule has 0 bridgehead atoms. The number of nitrogens with one attached hydrogen (secondary N) is 1. The zero-order valence-electron chi connectivity index (χ0n) is 8.67. The van der Waals surface area contributed by atoms with E-state index in [9.17, 15) is 14.0 Å². The van der Waals surface area contributed by atoms with Crippen molar-refractivity contribution < 1.29 is 14.0 Å². The first kappa shape index (κ1) is 11.8. The zero-order chi connectivity index (χ0) is 12.6. The molecule has 1 saturated heterocycles. The molecule has 1 heterocycles. The standard InChI is InChI=1S/C10H9BrFN3O2/c11-5-1-7(13)8(2-6(5)12)15-3-9(16)14-10(17)4-15/h1-2H,3-4,13H2,(H,14,16,17). The van der Waals surface area contributed by atoms with Gasteiger partial charge in [0.1, 0.15) is 5.82 Å². The number of piperazine rings is 1. The smallest absolute Gasteiger partial charge is 0.246 e. The van der Waals surface area contributed by atoms with E-state index in [1.807, 2.05) is 0 Å². The van der Waals surface area contributed by atoms with Crippen molar-refractivity contribution in [2.45, 2.75) is 0 Å². The number of rotatable bonds is 1. The summed E-state index contributed by atoms with van der Waals surface area (Å²) in [5, 5.41) is 2.16. The number of nitrogens with zero attached hydrogens (tertiary/aromatic N) is 1. The fraction of sp³-hybridized carbons (Fsp3) is 0.200. The summed E-state index contributed by atoms with van der Waals surface area (Å²) >= 11 is 3.01. The first-order valence-electron chi connectivity index (χ1n) is 4.79. The molecule has 0 aromatic heterocycles. The molecule has 1 aromatic rings. The van der Waals surface area contributed by atoms with E-state index < -0.39 is 17.6 Å². The van der Waals surface area contributed by atoms with E-state index in [0.717, 1.165) is 0 Å². The lowest BCUT2D eigenvalue weighted by Gasteiger charge is -2.28. The number of carbonyl (C=O) groups is 2. The monoisotopic (exact) mass is 301 g/mol. The molecule has 0 aliphatic carbocycles. The minimum absolute atomic E-state index is 0.0169. The minimum atomic E-state index is -0.493. The zero-order valence-corrected chi connectivity index (χ0v) is 10.3. The predicted molar refractivity (Wildman–Crippen MR) is 63.9 cm³/mol. The number of hydrogen-bond donors (Lipinski definition) is 2. The number of nitrogen functional groups attached to an aromatic ring is 1. The van der Waals surface area contributed by atoms with E-state index >= 15 is 0 Å². The summed E-state index contributed by atoms with van der Waals surface area (Å²) in [5.74, 6) is -1.35. The lowest BCUT2D eigenvalue weighted by Crippen LogP contribution is -2.51. The molecule has 0 spiro atoms. The summed E-state index contributed by atoms with van der Waals surface area (Å²) in [6.45, 7) is -0.0337. The van der Waals surface area contributed by atoms with E-state index in [4.69, 9.17) is 5.73 Å². The van der Waals surface area contributed by atoms with Crippen molar-refractivity contribution in [2.75, 3.05) is 23.7 Å². The van der Waals surface area contributed by atoms with E-state index in [0.29, 0.717) is 11.4 Å². The first-order valence-corrected chi connectivity index (χ1v) is 5.59. The fourth-order valence-corrected chi connectivity index (χ4v) is 1.99. The molecular formula is C10H9BrFN3O2. The molecule has 1 aliphatic rings. The summed E-state index contributed by atoms with van der Waals surface area (Å²) in [5.41, 5.74) is 6.38. The Morgan fingerprint density at radius 1 is 1.29 bits per heavy atom. The van der Waals surface area contributed by atoms with Crippen LogP contribution in [-0.4, -0.2) is 24.9 Å². The molecule has 7 heteroatoms. The molecule has 5 nitrogen and oxygen atoms in total. The third-order valence-electron chi connectivity index (χ3n) is 2.36. The van der Waals surface area contributed by atoms with Crippen molar-refractivity contribution in [3.8, 4) is 0 Å². The Kier molecular flexibility index (Phi) is 3.01. The van der Waals surface area contributed by atoms with E-state index in [1.54, 1.807) is 0 Å². The molecule has 3 N–H and O–H groups in total. The van der Waals surface area contributed by atoms with Crippen molar-refractivity contribution in [2.24, 2.45) is 0 Å². The highest BCUT2D eigenvalue weighted by Gasteiger charge is 2.24. The van der Waals surface area contributed by atoms with Gasteiger partial charge in [0.15, 0.2) is 0 Å². The van der Waals surface area contributed by atoms with Crippen LogP contribution in [0.25, 0.3) is 0 Å². The highest BCUT2D eigenvalue weighted by atomic mass is 79.9. The molecule has 90 valence electrons. The number of benzene rings is 1. The van der Waals surface area contributed by atoms with Gasteiger partial charge in [0.25, 0.3) is 0 Å². The second-order valence-electron chi connectivity index (χ2n) is 3.65. The van der Waals surface area contributed by atoms with Gasteiger partial charge in [-0.25, -0.2) is 4.39 Å². The number of amides is 2. The summed E-state index contributed by atoms with van der Waals surface area (Å²) in [6, 6.07) is 2.60. The highest BCUT2D eigenvalue weighted by molar-refractivity contribution is 9.10. The fourth-order valence-electron chi connectivity index (χ4n) is 1.63. The Balaban J connectivity index is 2.36. The maximum Gasteiger partial charge on any atom is 0.246 e. The SMILES string of the molecule is Nc1cc(Br)c(F)cc1N1CC(=O)NC(=O)C1. The van der Waals surface area contributed by atoms with Gasteiger partial charge >= 0.3 is 0 Å². The van der Waals surface area contributed by atoms with E-state index in [2.05, 4.69) is 21.2 Å². The molecule has 17 heavy (non-hydrogen) atoms. The van der Waals surface area contributed by atoms with Gasteiger partial charge in [0, 0.05) is 6.07 Å². The molecule has 0 saturated carbocycles. The second kappa shape index (κ2) is 4.33. The third-order valence-corrected chi connectivity index (χ3v) is 2.97. The Hall–Kier alpha value is -1.63. The number of imide groups is 1. The van der Waals surface area contributed by atoms with Gasteiger partial charge in [-0.1, -0.05) is 0 Å². The quantitative estimate of drug-likeness (QED) is 0.589. The molecule has 1 fully saturated rings. The Bertz CT molecular complexity index is 491.